The first-order valence-corrected chi connectivity index (χ1v) is 5.10. The van der Waals surface area contributed by atoms with Crippen LogP contribution in [-0.4, -0.2) is 11.1 Å². The maximum absolute atomic E-state index is 8.65. The minimum atomic E-state index is -0.0718. The lowest BCUT2D eigenvalue weighted by Gasteiger charge is -2.11. The highest BCUT2D eigenvalue weighted by atomic mass is 127. The molecule has 0 bridgehead atoms. The maximum Gasteiger partial charge on any atom is 0.144 e. The van der Waals surface area contributed by atoms with Gasteiger partial charge in [0.25, 0.3) is 0 Å². The van der Waals surface area contributed by atoms with Crippen molar-refractivity contribution in [2.75, 3.05) is 0 Å². The predicted octanol–water partition coefficient (Wildman–Crippen LogP) is 2.51. The molecular weight excluding hydrogens is 291 g/mol. The van der Waals surface area contributed by atoms with E-state index < -0.39 is 0 Å². The standard InChI is InChI=1S/C10H9IN2O/c1-3-7(2)14-10-4-8(5-12)13-6-9(10)11/h3-4,6-7H,1H2,2H3. The molecule has 1 atom stereocenters. The summed E-state index contributed by atoms with van der Waals surface area (Å²) >= 11 is 2.11. The first kappa shape index (κ1) is 11.0. The third kappa shape index (κ3) is 2.70. The normalized spacial score (nSPS) is 11.5. The highest BCUT2D eigenvalue weighted by Crippen LogP contribution is 2.21. The van der Waals surface area contributed by atoms with Crippen molar-refractivity contribution in [1.29, 1.82) is 5.26 Å². The molecule has 0 amide bonds. The van der Waals surface area contributed by atoms with Crippen LogP contribution in [0.3, 0.4) is 0 Å². The fourth-order valence-electron chi connectivity index (χ4n) is 0.820. The van der Waals surface area contributed by atoms with Gasteiger partial charge >= 0.3 is 0 Å². The van der Waals surface area contributed by atoms with E-state index in [0.717, 1.165) is 3.57 Å². The van der Waals surface area contributed by atoms with Gasteiger partial charge in [-0.2, -0.15) is 5.26 Å². The molecule has 72 valence electrons. The van der Waals surface area contributed by atoms with Gasteiger partial charge in [0.15, 0.2) is 0 Å². The van der Waals surface area contributed by atoms with E-state index >= 15 is 0 Å². The van der Waals surface area contributed by atoms with Gasteiger partial charge in [-0.25, -0.2) is 4.98 Å². The average molecular weight is 300 g/mol. The molecule has 14 heavy (non-hydrogen) atoms. The summed E-state index contributed by atoms with van der Waals surface area (Å²) in [5.41, 5.74) is 0.358. The molecule has 0 saturated heterocycles. The fraction of sp³-hybridized carbons (Fsp3) is 0.200. The van der Waals surface area contributed by atoms with E-state index in [4.69, 9.17) is 10.00 Å². The van der Waals surface area contributed by atoms with Crippen LogP contribution < -0.4 is 4.74 Å². The van der Waals surface area contributed by atoms with E-state index in [-0.39, 0.29) is 6.10 Å². The van der Waals surface area contributed by atoms with Gasteiger partial charge in [0.2, 0.25) is 0 Å². The van der Waals surface area contributed by atoms with Crippen LogP contribution in [0.1, 0.15) is 12.6 Å². The van der Waals surface area contributed by atoms with Crippen LogP contribution in [0.15, 0.2) is 24.9 Å². The van der Waals surface area contributed by atoms with E-state index in [9.17, 15) is 0 Å². The molecule has 4 heteroatoms. The number of hydrogen-bond acceptors (Lipinski definition) is 3. The van der Waals surface area contributed by atoms with Gasteiger partial charge in [-0.15, -0.1) is 0 Å². The molecule has 1 rings (SSSR count). The lowest BCUT2D eigenvalue weighted by atomic mass is 10.3. The average Bonchev–Trinajstić information content (AvgIpc) is 2.21. The summed E-state index contributed by atoms with van der Waals surface area (Å²) in [7, 11) is 0. The summed E-state index contributed by atoms with van der Waals surface area (Å²) in [6, 6.07) is 3.59. The molecule has 1 heterocycles. The Kier molecular flexibility index (Phi) is 3.89. The van der Waals surface area contributed by atoms with E-state index in [2.05, 4.69) is 34.2 Å². The Bertz CT molecular complexity index is 384. The molecule has 0 fully saturated rings. The number of hydrogen-bond donors (Lipinski definition) is 0. The Morgan fingerprint density at radius 3 is 3.07 bits per heavy atom. The van der Waals surface area contributed by atoms with Crippen LogP contribution in [0, 0.1) is 14.9 Å². The largest absolute Gasteiger partial charge is 0.485 e. The van der Waals surface area contributed by atoms with Crippen LogP contribution in [0.5, 0.6) is 5.75 Å². The van der Waals surface area contributed by atoms with Gasteiger partial charge in [-0.1, -0.05) is 12.7 Å². The summed E-state index contributed by atoms with van der Waals surface area (Å²) < 4.78 is 6.40. The van der Waals surface area contributed by atoms with Crippen molar-refractivity contribution in [3.8, 4) is 11.8 Å². The lowest BCUT2D eigenvalue weighted by molar-refractivity contribution is 0.268. The van der Waals surface area contributed by atoms with Crippen molar-refractivity contribution in [3.63, 3.8) is 0 Å². The monoisotopic (exact) mass is 300 g/mol. The molecular formula is C10H9IN2O. The van der Waals surface area contributed by atoms with Crippen LogP contribution in [0.4, 0.5) is 0 Å². The quantitative estimate of drug-likeness (QED) is 0.636. The number of rotatable bonds is 3. The molecule has 0 saturated carbocycles. The molecule has 0 radical (unpaired) electrons. The fourth-order valence-corrected chi connectivity index (χ4v) is 1.24. The second kappa shape index (κ2) is 4.96. The van der Waals surface area contributed by atoms with E-state index in [1.807, 2.05) is 13.0 Å². The zero-order valence-electron chi connectivity index (χ0n) is 7.70. The Labute approximate surface area is 96.6 Å². The molecule has 0 aromatic carbocycles. The van der Waals surface area contributed by atoms with E-state index in [0.29, 0.717) is 11.4 Å². The molecule has 1 aromatic heterocycles. The summed E-state index contributed by atoms with van der Waals surface area (Å²) in [5.74, 6) is 0.671. The Morgan fingerprint density at radius 1 is 1.79 bits per heavy atom. The Balaban J connectivity index is 2.96. The second-order valence-electron chi connectivity index (χ2n) is 2.67. The molecule has 0 spiro atoms. The van der Waals surface area contributed by atoms with Crippen LogP contribution in [-0.2, 0) is 0 Å². The van der Waals surface area contributed by atoms with Crippen molar-refractivity contribution >= 4 is 22.6 Å². The molecule has 0 N–H and O–H groups in total. The Hall–Kier alpha value is -1.09. The lowest BCUT2D eigenvalue weighted by Crippen LogP contribution is -2.08. The summed E-state index contributed by atoms with van der Waals surface area (Å²) in [6.45, 7) is 5.51. The van der Waals surface area contributed by atoms with Gasteiger partial charge in [-0.3, -0.25) is 0 Å². The van der Waals surface area contributed by atoms with Crippen LogP contribution in [0.2, 0.25) is 0 Å². The van der Waals surface area contributed by atoms with E-state index in [1.165, 1.54) is 0 Å². The van der Waals surface area contributed by atoms with Crippen LogP contribution >= 0.6 is 22.6 Å². The number of pyridine rings is 1. The van der Waals surface area contributed by atoms with Crippen molar-refractivity contribution in [3.05, 3.63) is 34.2 Å². The van der Waals surface area contributed by atoms with Crippen molar-refractivity contribution in [1.82, 2.24) is 4.98 Å². The van der Waals surface area contributed by atoms with Crippen molar-refractivity contribution < 1.29 is 4.74 Å². The van der Waals surface area contributed by atoms with Gasteiger partial charge in [0.05, 0.1) is 3.57 Å². The van der Waals surface area contributed by atoms with E-state index in [1.54, 1.807) is 18.3 Å². The minimum absolute atomic E-state index is 0.0718. The zero-order chi connectivity index (χ0) is 10.6. The predicted molar refractivity (Wildman–Crippen MR) is 62.0 cm³/mol. The number of halogens is 1. The summed E-state index contributed by atoms with van der Waals surface area (Å²) in [6.07, 6.45) is 3.24. The zero-order valence-corrected chi connectivity index (χ0v) is 9.85. The second-order valence-corrected chi connectivity index (χ2v) is 3.83. The van der Waals surface area contributed by atoms with Crippen LogP contribution in [0.25, 0.3) is 0 Å². The molecule has 0 aliphatic carbocycles. The number of ether oxygens (including phenoxy) is 1. The summed E-state index contributed by atoms with van der Waals surface area (Å²) in [4.78, 5) is 3.92. The molecule has 3 nitrogen and oxygen atoms in total. The molecule has 0 aliphatic heterocycles. The molecule has 1 unspecified atom stereocenters. The number of nitriles is 1. The SMILES string of the molecule is C=CC(C)Oc1cc(C#N)ncc1I. The highest BCUT2D eigenvalue weighted by molar-refractivity contribution is 14.1. The van der Waals surface area contributed by atoms with Gasteiger partial charge in [-0.05, 0) is 29.5 Å². The van der Waals surface area contributed by atoms with Gasteiger partial charge < -0.3 is 4.74 Å². The molecule has 1 aromatic rings. The minimum Gasteiger partial charge on any atom is -0.485 e. The van der Waals surface area contributed by atoms with Gasteiger partial charge in [0, 0.05) is 12.3 Å². The Morgan fingerprint density at radius 2 is 2.50 bits per heavy atom. The third-order valence-corrected chi connectivity index (χ3v) is 2.39. The first-order chi connectivity index (χ1) is 6.67. The van der Waals surface area contributed by atoms with Crippen molar-refractivity contribution in [2.24, 2.45) is 0 Å². The van der Waals surface area contributed by atoms with Gasteiger partial charge in [0.1, 0.15) is 23.6 Å². The summed E-state index contributed by atoms with van der Waals surface area (Å²) in [5, 5.41) is 8.65. The van der Waals surface area contributed by atoms with Crippen molar-refractivity contribution in [2.45, 2.75) is 13.0 Å². The highest BCUT2D eigenvalue weighted by Gasteiger charge is 2.06. The molecule has 0 aliphatic rings. The smallest absolute Gasteiger partial charge is 0.144 e. The first-order valence-electron chi connectivity index (χ1n) is 4.02. The number of aromatic nitrogens is 1. The number of nitrogens with zero attached hydrogens (tertiary/aromatic N) is 2. The third-order valence-electron chi connectivity index (χ3n) is 1.58. The maximum atomic E-state index is 8.65. The topological polar surface area (TPSA) is 45.9 Å².